The van der Waals surface area contributed by atoms with Crippen LogP contribution in [-0.4, -0.2) is 38.8 Å². The number of nitrogens with zero attached hydrogens (tertiary/aromatic N) is 5. The van der Waals surface area contributed by atoms with E-state index in [9.17, 15) is 10.1 Å². The van der Waals surface area contributed by atoms with E-state index in [0.29, 0.717) is 18.8 Å². The molecule has 0 unspecified atom stereocenters. The van der Waals surface area contributed by atoms with E-state index in [1.807, 2.05) is 24.3 Å². The number of carbonyl (C=O) groups excluding carboxylic acids is 1. The van der Waals surface area contributed by atoms with E-state index in [4.69, 9.17) is 9.84 Å². The van der Waals surface area contributed by atoms with Crippen molar-refractivity contribution in [2.24, 2.45) is 0 Å². The van der Waals surface area contributed by atoms with Crippen molar-refractivity contribution in [3.63, 3.8) is 0 Å². The molecule has 0 radical (unpaired) electrons. The lowest BCUT2D eigenvalue weighted by Crippen LogP contribution is -2.26. The molecule has 128 valence electrons. The lowest BCUT2D eigenvalue weighted by atomic mass is 9.97. The Hall–Kier alpha value is -2.92. The second kappa shape index (κ2) is 5.86. The van der Waals surface area contributed by atoms with Gasteiger partial charge in [-0.25, -0.2) is 9.48 Å². The molecule has 1 amide bonds. The van der Waals surface area contributed by atoms with Gasteiger partial charge in [-0.2, -0.15) is 5.26 Å². The summed E-state index contributed by atoms with van der Waals surface area (Å²) in [6, 6.07) is 9.91. The summed E-state index contributed by atoms with van der Waals surface area (Å²) in [7, 11) is 0. The van der Waals surface area contributed by atoms with Crippen molar-refractivity contribution in [1.29, 1.82) is 5.26 Å². The maximum atomic E-state index is 12.2. The summed E-state index contributed by atoms with van der Waals surface area (Å²) in [5.41, 5.74) is 1.90. The van der Waals surface area contributed by atoms with Gasteiger partial charge in [0, 0.05) is 5.69 Å². The maximum absolute atomic E-state index is 12.2. The molecule has 8 nitrogen and oxygen atoms in total. The van der Waals surface area contributed by atoms with Crippen LogP contribution in [0, 0.1) is 11.3 Å². The lowest BCUT2D eigenvalue weighted by Gasteiger charge is -2.14. The summed E-state index contributed by atoms with van der Waals surface area (Å²) in [6.07, 6.45) is 2.67. The monoisotopic (exact) mass is 339 g/mol. The average Bonchev–Trinajstić information content (AvgIpc) is 3.17. The number of amides is 1. The Morgan fingerprint density at radius 3 is 2.72 bits per heavy atom. The quantitative estimate of drug-likeness (QED) is 0.882. The Kier molecular flexibility index (Phi) is 3.66. The molecule has 0 spiro atoms. The zero-order chi connectivity index (χ0) is 17.4. The van der Waals surface area contributed by atoms with Gasteiger partial charge in [-0.05, 0) is 30.5 Å². The summed E-state index contributed by atoms with van der Waals surface area (Å²) in [5, 5.41) is 26.0. The van der Waals surface area contributed by atoms with Crippen LogP contribution in [0.1, 0.15) is 24.1 Å². The molecule has 1 N–H and O–H groups in total. The highest BCUT2D eigenvalue weighted by Gasteiger charge is 2.45. The van der Waals surface area contributed by atoms with Gasteiger partial charge in [0.05, 0.1) is 37.4 Å². The number of anilines is 1. The fourth-order valence-electron chi connectivity index (χ4n) is 3.09. The van der Waals surface area contributed by atoms with Crippen LogP contribution in [0.2, 0.25) is 0 Å². The summed E-state index contributed by atoms with van der Waals surface area (Å²) in [4.78, 5) is 13.7. The normalized spacial score (nSPS) is 21.0. The minimum atomic E-state index is -0.401. The predicted octanol–water partition coefficient (Wildman–Crippen LogP) is 1.35. The van der Waals surface area contributed by atoms with Crippen molar-refractivity contribution in [3.05, 3.63) is 41.7 Å². The molecule has 4 rings (SSSR count). The number of aromatic nitrogens is 3. The summed E-state index contributed by atoms with van der Waals surface area (Å²) >= 11 is 0. The number of hydrogen-bond donors (Lipinski definition) is 1. The number of aliphatic hydroxyl groups is 1. The van der Waals surface area contributed by atoms with Gasteiger partial charge < -0.3 is 9.84 Å². The Balaban J connectivity index is 1.44. The minimum absolute atomic E-state index is 0.173. The van der Waals surface area contributed by atoms with Crippen molar-refractivity contribution < 1.29 is 14.6 Å². The van der Waals surface area contributed by atoms with E-state index < -0.39 is 6.09 Å². The molecule has 2 heterocycles. The molecule has 8 heteroatoms. The third-order valence-electron chi connectivity index (χ3n) is 4.71. The third kappa shape index (κ3) is 2.83. The molecule has 25 heavy (non-hydrogen) atoms. The number of rotatable bonds is 5. The van der Waals surface area contributed by atoms with Crippen LogP contribution in [0.4, 0.5) is 10.5 Å². The highest BCUT2D eigenvalue weighted by atomic mass is 16.6. The minimum Gasteiger partial charge on any atom is -0.442 e. The van der Waals surface area contributed by atoms with Crippen molar-refractivity contribution in [2.45, 2.75) is 37.5 Å². The molecular formula is C17H17N5O3. The molecular weight excluding hydrogens is 322 g/mol. The molecule has 0 bridgehead atoms. The lowest BCUT2D eigenvalue weighted by molar-refractivity contribution is 0.129. The number of carbonyl (C=O) groups is 1. The number of aliphatic hydroxyl groups excluding tert-OH is 1. The van der Waals surface area contributed by atoms with Gasteiger partial charge in [0.25, 0.3) is 0 Å². The third-order valence-corrected chi connectivity index (χ3v) is 4.71. The summed E-state index contributed by atoms with van der Waals surface area (Å²) in [5.74, 6) is 0. The smallest absolute Gasteiger partial charge is 0.414 e. The summed E-state index contributed by atoms with van der Waals surface area (Å²) in [6.45, 7) is 0.619. The number of nitriles is 1. The second-order valence-electron chi connectivity index (χ2n) is 6.45. The number of ether oxygens (including phenoxy) is 1. The molecule has 2 aliphatic rings. The number of hydrogen-bond acceptors (Lipinski definition) is 6. The van der Waals surface area contributed by atoms with Gasteiger partial charge in [0.15, 0.2) is 0 Å². The van der Waals surface area contributed by atoms with E-state index in [-0.39, 0.29) is 18.1 Å². The second-order valence-corrected chi connectivity index (χ2v) is 6.45. The van der Waals surface area contributed by atoms with E-state index in [2.05, 4.69) is 16.4 Å². The maximum Gasteiger partial charge on any atom is 0.414 e. The van der Waals surface area contributed by atoms with Crippen LogP contribution in [0.3, 0.4) is 0 Å². The van der Waals surface area contributed by atoms with E-state index in [1.54, 1.807) is 15.8 Å². The first-order valence-electron chi connectivity index (χ1n) is 8.13. The molecule has 1 aromatic carbocycles. The molecule has 1 saturated heterocycles. The highest BCUT2D eigenvalue weighted by molar-refractivity contribution is 5.89. The van der Waals surface area contributed by atoms with Gasteiger partial charge in [0.2, 0.25) is 0 Å². The largest absolute Gasteiger partial charge is 0.442 e. The predicted molar refractivity (Wildman–Crippen MR) is 86.5 cm³/mol. The Morgan fingerprint density at radius 1 is 1.36 bits per heavy atom. The van der Waals surface area contributed by atoms with Crippen LogP contribution in [0.15, 0.2) is 30.5 Å². The Morgan fingerprint density at radius 2 is 2.12 bits per heavy atom. The molecule has 2 fully saturated rings. The molecule has 1 aromatic heterocycles. The Bertz CT molecular complexity index is 835. The van der Waals surface area contributed by atoms with Crippen molar-refractivity contribution in [3.8, 4) is 6.07 Å². The van der Waals surface area contributed by atoms with Crippen molar-refractivity contribution in [2.75, 3.05) is 11.4 Å². The molecule has 2 aromatic rings. The van der Waals surface area contributed by atoms with Crippen molar-refractivity contribution in [1.82, 2.24) is 15.0 Å². The van der Waals surface area contributed by atoms with E-state index >= 15 is 0 Å². The van der Waals surface area contributed by atoms with Gasteiger partial charge in [0.1, 0.15) is 11.8 Å². The van der Waals surface area contributed by atoms with Gasteiger partial charge in [-0.15, -0.1) is 5.10 Å². The average molecular weight is 339 g/mol. The molecule has 1 aliphatic heterocycles. The van der Waals surface area contributed by atoms with Gasteiger partial charge >= 0.3 is 6.09 Å². The zero-order valence-corrected chi connectivity index (χ0v) is 13.5. The van der Waals surface area contributed by atoms with Gasteiger partial charge in [-0.3, -0.25) is 4.90 Å². The van der Waals surface area contributed by atoms with Crippen LogP contribution < -0.4 is 4.90 Å². The fourth-order valence-corrected chi connectivity index (χ4v) is 3.09. The molecule has 1 saturated carbocycles. The van der Waals surface area contributed by atoms with Crippen LogP contribution in [0.25, 0.3) is 0 Å². The molecule has 1 aliphatic carbocycles. The SMILES string of the molecule is N#CC1(c2ccc(N3C[C@H](Cn4cc(CO)nn4)OC3=O)cc2)CC1. The van der Waals surface area contributed by atoms with Crippen molar-refractivity contribution >= 4 is 11.8 Å². The van der Waals surface area contributed by atoms with E-state index in [1.165, 1.54) is 0 Å². The highest BCUT2D eigenvalue weighted by Crippen LogP contribution is 2.47. The van der Waals surface area contributed by atoms with Crippen LogP contribution in [-0.2, 0) is 23.3 Å². The first-order valence-corrected chi connectivity index (χ1v) is 8.13. The number of cyclic esters (lactones) is 1. The fraction of sp³-hybridized carbons (Fsp3) is 0.412. The standard InChI is InChI=1S/C17H17N5O3/c18-11-17(5-6-17)12-1-3-14(4-2-12)22-9-15(25-16(22)24)8-21-7-13(10-23)19-20-21/h1-4,7,15,23H,5-6,8-10H2/t15-/m0/s1. The van der Waals surface area contributed by atoms with Crippen LogP contribution >= 0.6 is 0 Å². The summed E-state index contributed by atoms with van der Waals surface area (Å²) < 4.78 is 6.95. The van der Waals surface area contributed by atoms with Gasteiger partial charge in [-0.1, -0.05) is 17.3 Å². The first-order chi connectivity index (χ1) is 12.1. The Labute approximate surface area is 144 Å². The topological polar surface area (TPSA) is 104 Å². The number of benzene rings is 1. The van der Waals surface area contributed by atoms with Crippen LogP contribution in [0.5, 0.6) is 0 Å². The first kappa shape index (κ1) is 15.6. The molecule has 1 atom stereocenters. The zero-order valence-electron chi connectivity index (χ0n) is 13.5. The van der Waals surface area contributed by atoms with E-state index in [0.717, 1.165) is 24.1 Å².